The van der Waals surface area contributed by atoms with Gasteiger partial charge in [-0.15, -0.1) is 0 Å². The zero-order valence-electron chi connectivity index (χ0n) is 7.79. The molecule has 0 nitrogen and oxygen atoms in total. The second-order valence-corrected chi connectivity index (χ2v) is 4.54. The molecule has 0 aromatic carbocycles. The Balaban J connectivity index is 1.91. The molecule has 66 valence electrons. The van der Waals surface area contributed by atoms with Gasteiger partial charge in [0.15, 0.2) is 0 Å². The molecule has 0 heteroatoms. The summed E-state index contributed by atoms with van der Waals surface area (Å²) in [7, 11) is 0. The fraction of sp³-hybridized carbons (Fsp3) is 0.462. The molecule has 0 bridgehead atoms. The Morgan fingerprint density at radius 2 is 1.15 bits per heavy atom. The third kappa shape index (κ3) is 1.39. The van der Waals surface area contributed by atoms with Crippen LogP contribution < -0.4 is 0 Å². The van der Waals surface area contributed by atoms with Crippen LogP contribution in [-0.2, 0) is 0 Å². The highest BCUT2D eigenvalue weighted by Gasteiger charge is 2.52. The molecule has 0 aromatic rings. The smallest absolute Gasteiger partial charge is 0.00432 e. The van der Waals surface area contributed by atoms with Gasteiger partial charge in [-0.3, -0.25) is 0 Å². The van der Waals surface area contributed by atoms with E-state index in [0.29, 0.717) is 10.8 Å². The van der Waals surface area contributed by atoms with Crippen molar-refractivity contribution >= 4 is 0 Å². The highest BCUT2D eigenvalue weighted by Crippen LogP contribution is 2.62. The molecule has 2 fully saturated rings. The minimum Gasteiger partial charge on any atom is -0.0777 e. The first-order valence-electron chi connectivity index (χ1n) is 5.16. The average molecular weight is 170 g/mol. The summed E-state index contributed by atoms with van der Waals surface area (Å²) in [5.41, 5.74) is 0.713. The Kier molecular flexibility index (Phi) is 1.39. The quantitative estimate of drug-likeness (QED) is 0.523. The predicted octanol–water partition coefficient (Wildman–Crippen LogP) is 3.31. The van der Waals surface area contributed by atoms with Gasteiger partial charge in [-0.1, -0.05) is 36.5 Å². The van der Waals surface area contributed by atoms with E-state index in [1.165, 1.54) is 25.7 Å². The first-order chi connectivity index (χ1) is 6.33. The lowest BCUT2D eigenvalue weighted by Gasteiger charge is -2.14. The van der Waals surface area contributed by atoms with E-state index in [1.54, 1.807) is 0 Å². The molecule has 3 rings (SSSR count). The maximum absolute atomic E-state index is 3.78. The summed E-state index contributed by atoms with van der Waals surface area (Å²) in [5, 5.41) is 0. The van der Waals surface area contributed by atoms with E-state index < -0.39 is 0 Å². The fourth-order valence-electron chi connectivity index (χ4n) is 2.04. The molecule has 0 unspecified atom stereocenters. The van der Waals surface area contributed by atoms with Gasteiger partial charge in [0, 0.05) is 6.42 Å². The lowest BCUT2D eigenvalue weighted by Crippen LogP contribution is -2.06. The van der Waals surface area contributed by atoms with Gasteiger partial charge in [0.05, 0.1) is 0 Å². The van der Waals surface area contributed by atoms with Crippen LogP contribution in [0.25, 0.3) is 0 Å². The largest absolute Gasteiger partial charge is 0.0777 e. The Morgan fingerprint density at radius 1 is 0.692 bits per heavy atom. The normalized spacial score (nSPS) is 38.8. The number of hydrogen-bond donors (Lipinski definition) is 0. The first kappa shape index (κ1) is 7.61. The van der Waals surface area contributed by atoms with Gasteiger partial charge in [-0.2, -0.15) is 0 Å². The molecule has 2 spiro atoms. The summed E-state index contributed by atoms with van der Waals surface area (Å²) in [4.78, 5) is 0. The molecule has 2 radical (unpaired) electrons. The first-order valence-corrected chi connectivity index (χ1v) is 5.16. The van der Waals surface area contributed by atoms with E-state index in [4.69, 9.17) is 0 Å². The lowest BCUT2D eigenvalue weighted by molar-refractivity contribution is 0.613. The third-order valence-electron chi connectivity index (χ3n) is 3.24. The van der Waals surface area contributed by atoms with E-state index >= 15 is 0 Å². The lowest BCUT2D eigenvalue weighted by atomic mass is 9.89. The molecule has 0 heterocycles. The SMILES string of the molecule is [C]1C2(\C=C/C=C\C=C/C13CC3)CC2. The molecular formula is C13H14. The molecule has 0 atom stereocenters. The molecule has 0 saturated heterocycles. The van der Waals surface area contributed by atoms with Crippen molar-refractivity contribution in [2.24, 2.45) is 10.8 Å². The van der Waals surface area contributed by atoms with Crippen LogP contribution in [0.3, 0.4) is 0 Å². The molecular weight excluding hydrogens is 156 g/mol. The van der Waals surface area contributed by atoms with Crippen molar-refractivity contribution in [2.75, 3.05) is 0 Å². The van der Waals surface area contributed by atoms with Crippen molar-refractivity contribution in [1.29, 1.82) is 0 Å². The van der Waals surface area contributed by atoms with Crippen LogP contribution >= 0.6 is 0 Å². The minimum atomic E-state index is 0.357. The molecule has 0 aromatic heterocycles. The van der Waals surface area contributed by atoms with Gasteiger partial charge in [0.2, 0.25) is 0 Å². The Morgan fingerprint density at radius 3 is 1.54 bits per heavy atom. The summed E-state index contributed by atoms with van der Waals surface area (Å²) in [6.45, 7) is 0. The van der Waals surface area contributed by atoms with Crippen LogP contribution in [0.1, 0.15) is 25.7 Å². The van der Waals surface area contributed by atoms with Crippen molar-refractivity contribution < 1.29 is 0 Å². The van der Waals surface area contributed by atoms with Crippen LogP contribution in [0.15, 0.2) is 36.5 Å². The fourth-order valence-corrected chi connectivity index (χ4v) is 2.04. The highest BCUT2D eigenvalue weighted by atomic mass is 14.5. The number of allylic oxidation sites excluding steroid dienone is 6. The second kappa shape index (κ2) is 2.37. The van der Waals surface area contributed by atoms with Gasteiger partial charge < -0.3 is 0 Å². The average Bonchev–Trinajstić information content (AvgIpc) is 2.98. The van der Waals surface area contributed by atoms with Crippen molar-refractivity contribution in [3.63, 3.8) is 0 Å². The summed E-state index contributed by atoms with van der Waals surface area (Å²) in [6, 6.07) is 0. The monoisotopic (exact) mass is 170 g/mol. The van der Waals surface area contributed by atoms with E-state index in [0.717, 1.165) is 0 Å². The highest BCUT2D eigenvalue weighted by molar-refractivity contribution is 5.32. The summed E-state index contributed by atoms with van der Waals surface area (Å²) >= 11 is 0. The molecule has 0 amide bonds. The summed E-state index contributed by atoms with van der Waals surface area (Å²) < 4.78 is 0. The molecule has 0 aliphatic heterocycles. The Labute approximate surface area is 80.0 Å². The Hall–Kier alpha value is -0.780. The van der Waals surface area contributed by atoms with Crippen molar-refractivity contribution in [2.45, 2.75) is 25.7 Å². The van der Waals surface area contributed by atoms with Crippen LogP contribution in [-0.4, -0.2) is 0 Å². The van der Waals surface area contributed by atoms with Crippen LogP contribution in [0.2, 0.25) is 0 Å². The number of rotatable bonds is 0. The molecule has 13 heavy (non-hydrogen) atoms. The zero-order valence-corrected chi connectivity index (χ0v) is 7.79. The van der Waals surface area contributed by atoms with Crippen molar-refractivity contribution in [3.8, 4) is 0 Å². The van der Waals surface area contributed by atoms with Gasteiger partial charge in [0.25, 0.3) is 0 Å². The third-order valence-corrected chi connectivity index (χ3v) is 3.24. The van der Waals surface area contributed by atoms with Gasteiger partial charge in [-0.25, -0.2) is 0 Å². The Bertz CT molecular complexity index is 266. The topological polar surface area (TPSA) is 0 Å². The predicted molar refractivity (Wildman–Crippen MR) is 54.0 cm³/mol. The molecule has 3 aliphatic rings. The van der Waals surface area contributed by atoms with Crippen LogP contribution in [0.4, 0.5) is 0 Å². The van der Waals surface area contributed by atoms with Gasteiger partial charge >= 0.3 is 0 Å². The van der Waals surface area contributed by atoms with Gasteiger partial charge in [0.1, 0.15) is 0 Å². The minimum absolute atomic E-state index is 0.357. The molecule has 3 aliphatic carbocycles. The van der Waals surface area contributed by atoms with Crippen LogP contribution in [0.5, 0.6) is 0 Å². The van der Waals surface area contributed by atoms with E-state index in [2.05, 4.69) is 42.9 Å². The van der Waals surface area contributed by atoms with E-state index in [1.807, 2.05) is 0 Å². The zero-order chi connectivity index (χ0) is 8.78. The van der Waals surface area contributed by atoms with E-state index in [9.17, 15) is 0 Å². The number of hydrogen-bond acceptors (Lipinski definition) is 0. The second-order valence-electron chi connectivity index (χ2n) is 4.54. The van der Waals surface area contributed by atoms with Crippen molar-refractivity contribution in [1.82, 2.24) is 0 Å². The van der Waals surface area contributed by atoms with Crippen molar-refractivity contribution in [3.05, 3.63) is 42.9 Å². The molecule has 0 N–H and O–H groups in total. The summed E-state index contributed by atoms with van der Waals surface area (Å²) in [6.07, 6.45) is 22.3. The standard InChI is InChI=1S/C13H14/c1-2-4-6-13(9-10-13)11-12(5-3-1)7-8-12/h1-6H,7-10H2/b2-1-,5-3-,6-4-. The van der Waals surface area contributed by atoms with E-state index in [-0.39, 0.29) is 0 Å². The maximum atomic E-state index is 3.78. The molecule has 2 saturated carbocycles. The summed E-state index contributed by atoms with van der Waals surface area (Å²) in [5.74, 6) is 0. The maximum Gasteiger partial charge on any atom is 0.00432 e. The van der Waals surface area contributed by atoms with Gasteiger partial charge in [-0.05, 0) is 36.5 Å². The van der Waals surface area contributed by atoms with Crippen LogP contribution in [0, 0.1) is 17.3 Å².